The minimum absolute atomic E-state index is 0.625. The van der Waals surface area contributed by atoms with Crippen LogP contribution in [0.5, 0.6) is 0 Å². The average Bonchev–Trinajstić information content (AvgIpc) is 2.62. The Kier molecular flexibility index (Phi) is 5.67. The molecule has 2 nitrogen and oxygen atoms in total. The Bertz CT molecular complexity index is 652. The van der Waals surface area contributed by atoms with Gasteiger partial charge in [0.15, 0.2) is 0 Å². The molecule has 3 rings (SSSR count). The molecule has 0 fully saturated rings. The maximum Gasteiger partial charge on any atom is 0.352 e. The monoisotopic (exact) mass is 323 g/mol. The lowest BCUT2D eigenvalue weighted by Gasteiger charge is -2.23. The topological polar surface area (TPSA) is 18.5 Å². The molecule has 23 heavy (non-hydrogen) atoms. The van der Waals surface area contributed by atoms with E-state index in [0.29, 0.717) is 6.61 Å². The Morgan fingerprint density at radius 3 is 2.48 bits per heavy atom. The van der Waals surface area contributed by atoms with Crippen LogP contribution in [0.4, 0.5) is 0 Å². The van der Waals surface area contributed by atoms with Gasteiger partial charge < -0.3 is 9.16 Å². The molecule has 2 aromatic carbocycles. The van der Waals surface area contributed by atoms with Crippen molar-refractivity contribution in [2.75, 3.05) is 7.11 Å². The summed E-state index contributed by atoms with van der Waals surface area (Å²) in [7, 11) is 0.448. The summed E-state index contributed by atoms with van der Waals surface area (Å²) in [6.45, 7) is 0.625. The van der Waals surface area contributed by atoms with Crippen molar-refractivity contribution >= 4 is 19.4 Å². The highest BCUT2D eigenvalue weighted by Gasteiger charge is 2.25. The van der Waals surface area contributed by atoms with Gasteiger partial charge in [-0.3, -0.25) is 0 Å². The van der Waals surface area contributed by atoms with E-state index >= 15 is 0 Å². The first-order valence-corrected chi connectivity index (χ1v) is 9.66. The van der Waals surface area contributed by atoms with E-state index in [0.717, 1.165) is 12.8 Å². The SMILES string of the molecule is COCc1ccccc1[Si](OC1=CCCCC1)c1ccccc1. The zero-order valence-corrected chi connectivity index (χ0v) is 14.6. The molecule has 2 aromatic rings. The van der Waals surface area contributed by atoms with Gasteiger partial charge in [0.25, 0.3) is 0 Å². The normalized spacial score (nSPS) is 14.6. The molecule has 119 valence electrons. The maximum atomic E-state index is 6.56. The van der Waals surface area contributed by atoms with Crippen LogP contribution in [0.2, 0.25) is 0 Å². The first-order chi connectivity index (χ1) is 11.4. The average molecular weight is 323 g/mol. The van der Waals surface area contributed by atoms with Gasteiger partial charge in [0, 0.05) is 13.5 Å². The van der Waals surface area contributed by atoms with E-state index in [1.165, 1.54) is 34.5 Å². The number of methoxy groups -OCH3 is 1. The smallest absolute Gasteiger partial charge is 0.352 e. The molecule has 0 spiro atoms. The molecule has 0 saturated carbocycles. The summed E-state index contributed by atoms with van der Waals surface area (Å²) in [4.78, 5) is 0. The predicted octanol–water partition coefficient (Wildman–Crippen LogP) is 3.41. The van der Waals surface area contributed by atoms with Crippen molar-refractivity contribution in [2.45, 2.75) is 32.3 Å². The number of hydrogen-bond acceptors (Lipinski definition) is 2. The molecular weight excluding hydrogens is 300 g/mol. The van der Waals surface area contributed by atoms with Crippen LogP contribution in [0.3, 0.4) is 0 Å². The molecule has 0 saturated heterocycles. The summed E-state index contributed by atoms with van der Waals surface area (Å²) in [6, 6.07) is 19.1. The first kappa shape index (κ1) is 16.0. The standard InChI is InChI=1S/C20H23O2Si/c1-21-16-17-10-8-9-15-20(17)23(19-13-6-3-7-14-19)22-18-11-4-2-5-12-18/h3,6-11,13-15H,2,4-5,12,16H2,1H3. The molecule has 1 radical (unpaired) electrons. The van der Waals surface area contributed by atoms with Gasteiger partial charge in [-0.25, -0.2) is 0 Å². The van der Waals surface area contributed by atoms with Crippen LogP contribution in [-0.2, 0) is 15.8 Å². The second-order valence-corrected chi connectivity index (χ2v) is 7.78. The number of hydrogen-bond donors (Lipinski definition) is 0. The van der Waals surface area contributed by atoms with E-state index in [9.17, 15) is 0 Å². The molecule has 0 heterocycles. The molecule has 0 bridgehead atoms. The minimum atomic E-state index is -1.30. The number of allylic oxidation sites excluding steroid dienone is 2. The summed E-state index contributed by atoms with van der Waals surface area (Å²) < 4.78 is 11.9. The fraction of sp³-hybridized carbons (Fsp3) is 0.300. The van der Waals surface area contributed by atoms with Gasteiger partial charge in [0.05, 0.1) is 12.4 Å². The Morgan fingerprint density at radius 1 is 0.957 bits per heavy atom. The number of ether oxygens (including phenoxy) is 1. The van der Waals surface area contributed by atoms with Crippen molar-refractivity contribution in [3.8, 4) is 0 Å². The quantitative estimate of drug-likeness (QED) is 0.759. The van der Waals surface area contributed by atoms with Crippen molar-refractivity contribution in [1.29, 1.82) is 0 Å². The van der Waals surface area contributed by atoms with Crippen LogP contribution in [0.25, 0.3) is 0 Å². The Hall–Kier alpha value is -1.84. The van der Waals surface area contributed by atoms with Gasteiger partial charge >= 0.3 is 9.04 Å². The van der Waals surface area contributed by atoms with Gasteiger partial charge in [0.2, 0.25) is 0 Å². The molecule has 0 N–H and O–H groups in total. The van der Waals surface area contributed by atoms with Crippen molar-refractivity contribution in [1.82, 2.24) is 0 Å². The van der Waals surface area contributed by atoms with Crippen LogP contribution in [-0.4, -0.2) is 16.2 Å². The third kappa shape index (κ3) is 4.12. The van der Waals surface area contributed by atoms with Crippen molar-refractivity contribution in [3.63, 3.8) is 0 Å². The summed E-state index contributed by atoms with van der Waals surface area (Å²) in [5.41, 5.74) is 1.23. The molecule has 3 heteroatoms. The lowest BCUT2D eigenvalue weighted by Crippen LogP contribution is -2.46. The van der Waals surface area contributed by atoms with Crippen LogP contribution in [0.1, 0.15) is 31.2 Å². The van der Waals surface area contributed by atoms with Crippen molar-refractivity contribution < 1.29 is 9.16 Å². The predicted molar refractivity (Wildman–Crippen MR) is 96.3 cm³/mol. The molecule has 0 amide bonds. The summed E-state index contributed by atoms with van der Waals surface area (Å²) in [5.74, 6) is 1.17. The Balaban J connectivity index is 1.96. The van der Waals surface area contributed by atoms with E-state index in [-0.39, 0.29) is 0 Å². The van der Waals surface area contributed by atoms with Gasteiger partial charge in [-0.05, 0) is 41.3 Å². The van der Waals surface area contributed by atoms with Crippen molar-refractivity contribution in [2.24, 2.45) is 0 Å². The van der Waals surface area contributed by atoms with Gasteiger partial charge in [-0.2, -0.15) is 0 Å². The van der Waals surface area contributed by atoms with E-state index < -0.39 is 9.04 Å². The van der Waals surface area contributed by atoms with Gasteiger partial charge in [0.1, 0.15) is 0 Å². The minimum Gasteiger partial charge on any atom is -0.536 e. The third-order valence-electron chi connectivity index (χ3n) is 4.08. The molecule has 0 atom stereocenters. The third-order valence-corrected chi connectivity index (χ3v) is 6.38. The highest BCUT2D eigenvalue weighted by atomic mass is 28.3. The van der Waals surface area contributed by atoms with Crippen LogP contribution < -0.4 is 10.4 Å². The second-order valence-electron chi connectivity index (χ2n) is 5.80. The van der Waals surface area contributed by atoms with E-state index in [4.69, 9.17) is 9.16 Å². The lowest BCUT2D eigenvalue weighted by atomic mass is 10.1. The highest BCUT2D eigenvalue weighted by Crippen LogP contribution is 2.19. The maximum absolute atomic E-state index is 6.56. The first-order valence-electron chi connectivity index (χ1n) is 8.25. The van der Waals surface area contributed by atoms with E-state index in [1.54, 1.807) is 7.11 Å². The number of rotatable bonds is 6. The largest absolute Gasteiger partial charge is 0.536 e. The molecular formula is C20H23O2Si. The van der Waals surface area contributed by atoms with E-state index in [1.807, 2.05) is 0 Å². The summed E-state index contributed by atoms with van der Waals surface area (Å²) in [5, 5.41) is 2.57. The van der Waals surface area contributed by atoms with Gasteiger partial charge in [-0.15, -0.1) is 0 Å². The molecule has 0 aromatic heterocycles. The zero-order chi connectivity index (χ0) is 15.9. The molecule has 0 unspecified atom stereocenters. The zero-order valence-electron chi connectivity index (χ0n) is 13.6. The Morgan fingerprint density at radius 2 is 1.74 bits per heavy atom. The van der Waals surface area contributed by atoms with Crippen LogP contribution >= 0.6 is 0 Å². The molecule has 0 aliphatic heterocycles. The molecule has 1 aliphatic carbocycles. The summed E-state index contributed by atoms with van der Waals surface area (Å²) in [6.07, 6.45) is 6.98. The molecule has 1 aliphatic rings. The van der Waals surface area contributed by atoms with Crippen LogP contribution in [0, 0.1) is 0 Å². The number of benzene rings is 2. The second kappa shape index (κ2) is 8.13. The Labute approximate surface area is 140 Å². The fourth-order valence-electron chi connectivity index (χ4n) is 2.91. The van der Waals surface area contributed by atoms with E-state index in [2.05, 4.69) is 60.7 Å². The lowest BCUT2D eigenvalue weighted by molar-refractivity contribution is 0.185. The van der Waals surface area contributed by atoms with Crippen LogP contribution in [0.15, 0.2) is 66.4 Å². The fourth-order valence-corrected chi connectivity index (χ4v) is 5.09. The summed E-state index contributed by atoms with van der Waals surface area (Å²) >= 11 is 0. The van der Waals surface area contributed by atoms with Gasteiger partial charge in [-0.1, -0.05) is 54.6 Å². The highest BCUT2D eigenvalue weighted by molar-refractivity contribution is 6.80. The van der Waals surface area contributed by atoms with Crippen molar-refractivity contribution in [3.05, 3.63) is 72.0 Å².